The summed E-state index contributed by atoms with van der Waals surface area (Å²) in [6.07, 6.45) is 9.89. The summed E-state index contributed by atoms with van der Waals surface area (Å²) in [5.74, 6) is 0.155. The number of carbonyl (C=O) groups excluding carboxylic acids is 1. The number of hydrogen-bond donors (Lipinski definition) is 0. The van der Waals surface area contributed by atoms with Crippen molar-refractivity contribution in [3.05, 3.63) is 54.1 Å². The highest BCUT2D eigenvalue weighted by Gasteiger charge is 2.28. The van der Waals surface area contributed by atoms with E-state index in [1.165, 1.54) is 5.56 Å². The van der Waals surface area contributed by atoms with Crippen molar-refractivity contribution in [1.29, 1.82) is 0 Å². The van der Waals surface area contributed by atoms with Gasteiger partial charge in [-0.3, -0.25) is 14.7 Å². The smallest absolute Gasteiger partial charge is 0.255 e. The number of carbonyl (C=O) groups is 1. The summed E-state index contributed by atoms with van der Waals surface area (Å²) in [6, 6.07) is 6.50. The molecule has 5 nitrogen and oxygen atoms in total. The van der Waals surface area contributed by atoms with E-state index < -0.39 is 0 Å². The van der Waals surface area contributed by atoms with Crippen LogP contribution in [-0.4, -0.2) is 50.9 Å². The third-order valence-corrected chi connectivity index (χ3v) is 5.46. The summed E-state index contributed by atoms with van der Waals surface area (Å²) in [5, 5.41) is 0. The van der Waals surface area contributed by atoms with Gasteiger partial charge >= 0.3 is 0 Å². The number of nitrogens with zero attached hydrogens (tertiary/aromatic N) is 4. The first-order valence-electron chi connectivity index (χ1n) is 9.99. The van der Waals surface area contributed by atoms with Crippen LogP contribution in [0.25, 0.3) is 0 Å². The average molecular weight is 369 g/mol. The fourth-order valence-corrected chi connectivity index (χ4v) is 3.78. The second-order valence-electron chi connectivity index (χ2n) is 8.44. The van der Waals surface area contributed by atoms with Crippen LogP contribution in [0.5, 0.6) is 0 Å². The van der Waals surface area contributed by atoms with Gasteiger partial charge in [-0.05, 0) is 63.9 Å². The van der Waals surface area contributed by atoms with Crippen molar-refractivity contribution in [3.8, 4) is 0 Å². The van der Waals surface area contributed by atoms with E-state index in [9.17, 15) is 4.79 Å². The molecule has 0 aromatic carbocycles. The lowest BCUT2D eigenvalue weighted by molar-refractivity contribution is 0.0569. The van der Waals surface area contributed by atoms with Crippen molar-refractivity contribution in [2.75, 3.05) is 19.6 Å². The third-order valence-electron chi connectivity index (χ3n) is 5.46. The number of piperidine rings is 1. The van der Waals surface area contributed by atoms with Gasteiger partial charge in [-0.15, -0.1) is 0 Å². The first-order valence-corrected chi connectivity index (χ1v) is 9.99. The SMILES string of the molecule is CCN(Cc1ccncc1)C1CCCN(C(=O)c2ccn(C(C)(C)C)c2)C1. The van der Waals surface area contributed by atoms with E-state index in [4.69, 9.17) is 0 Å². The maximum atomic E-state index is 13.0. The summed E-state index contributed by atoms with van der Waals surface area (Å²) < 4.78 is 2.11. The molecule has 3 rings (SSSR count). The van der Waals surface area contributed by atoms with Gasteiger partial charge in [0.1, 0.15) is 0 Å². The Balaban J connectivity index is 1.67. The van der Waals surface area contributed by atoms with Crippen LogP contribution in [0.15, 0.2) is 43.0 Å². The highest BCUT2D eigenvalue weighted by atomic mass is 16.2. The molecule has 27 heavy (non-hydrogen) atoms. The van der Waals surface area contributed by atoms with Crippen molar-refractivity contribution in [3.63, 3.8) is 0 Å². The van der Waals surface area contributed by atoms with Crippen LogP contribution in [0.2, 0.25) is 0 Å². The lowest BCUT2D eigenvalue weighted by atomic mass is 10.0. The van der Waals surface area contributed by atoms with Gasteiger partial charge < -0.3 is 9.47 Å². The van der Waals surface area contributed by atoms with Crippen molar-refractivity contribution in [1.82, 2.24) is 19.4 Å². The van der Waals surface area contributed by atoms with Crippen LogP contribution in [-0.2, 0) is 12.1 Å². The first-order chi connectivity index (χ1) is 12.9. The first kappa shape index (κ1) is 19.6. The predicted octanol–water partition coefficient (Wildman–Crippen LogP) is 3.76. The van der Waals surface area contributed by atoms with Gasteiger partial charge in [-0.25, -0.2) is 0 Å². The van der Waals surface area contributed by atoms with Gasteiger partial charge in [-0.2, -0.15) is 0 Å². The molecule has 1 amide bonds. The van der Waals surface area contributed by atoms with Gasteiger partial charge in [0, 0.05) is 56.0 Å². The van der Waals surface area contributed by atoms with Crippen molar-refractivity contribution in [2.45, 2.75) is 58.7 Å². The molecule has 2 aromatic rings. The molecule has 3 heterocycles. The van der Waals surface area contributed by atoms with Gasteiger partial charge in [0.25, 0.3) is 5.91 Å². The molecule has 0 aliphatic carbocycles. The predicted molar refractivity (Wildman–Crippen MR) is 109 cm³/mol. The van der Waals surface area contributed by atoms with Gasteiger partial charge in [0.05, 0.1) is 5.56 Å². The van der Waals surface area contributed by atoms with E-state index in [2.05, 4.69) is 54.3 Å². The summed E-state index contributed by atoms with van der Waals surface area (Å²) in [6.45, 7) is 12.2. The zero-order valence-corrected chi connectivity index (χ0v) is 17.1. The molecule has 0 N–H and O–H groups in total. The molecular formula is C22H32N4O. The standard InChI is InChI=1S/C22H32N4O/c1-5-24(15-18-8-11-23-12-9-18)20-7-6-13-25(17-20)21(27)19-10-14-26(16-19)22(2,3)4/h8-12,14,16,20H,5-7,13,15,17H2,1-4H3. The minimum atomic E-state index is -0.00743. The molecule has 0 radical (unpaired) electrons. The average Bonchev–Trinajstić information content (AvgIpc) is 3.17. The molecule has 0 saturated carbocycles. The van der Waals surface area contributed by atoms with E-state index in [1.807, 2.05) is 35.8 Å². The Hall–Kier alpha value is -2.14. The summed E-state index contributed by atoms with van der Waals surface area (Å²) >= 11 is 0. The molecule has 2 aromatic heterocycles. The topological polar surface area (TPSA) is 41.4 Å². The van der Waals surface area contributed by atoms with Gasteiger partial charge in [-0.1, -0.05) is 6.92 Å². The number of likely N-dealkylation sites (N-methyl/N-ethyl adjacent to an activating group) is 1. The molecule has 1 atom stereocenters. The Labute approximate surface area is 163 Å². The second kappa shape index (κ2) is 8.26. The van der Waals surface area contributed by atoms with E-state index in [0.29, 0.717) is 6.04 Å². The fourth-order valence-electron chi connectivity index (χ4n) is 3.78. The minimum absolute atomic E-state index is 0.00743. The monoisotopic (exact) mass is 368 g/mol. The summed E-state index contributed by atoms with van der Waals surface area (Å²) in [5.41, 5.74) is 2.06. The van der Waals surface area contributed by atoms with Crippen molar-refractivity contribution < 1.29 is 4.79 Å². The van der Waals surface area contributed by atoms with Crippen molar-refractivity contribution >= 4 is 5.91 Å². The van der Waals surface area contributed by atoms with E-state index in [0.717, 1.165) is 44.6 Å². The fraction of sp³-hybridized carbons (Fsp3) is 0.545. The minimum Gasteiger partial charge on any atom is -0.348 e. The maximum absolute atomic E-state index is 13.0. The Morgan fingerprint density at radius 2 is 2.00 bits per heavy atom. The number of aromatic nitrogens is 2. The normalized spacial score (nSPS) is 18.1. The quantitative estimate of drug-likeness (QED) is 0.807. The van der Waals surface area contributed by atoms with E-state index in [-0.39, 0.29) is 11.4 Å². The number of pyridine rings is 1. The van der Waals surface area contributed by atoms with Gasteiger partial charge in [0.15, 0.2) is 0 Å². The van der Waals surface area contributed by atoms with E-state index in [1.54, 1.807) is 0 Å². The molecular weight excluding hydrogens is 336 g/mol. The molecule has 1 unspecified atom stereocenters. The lowest BCUT2D eigenvalue weighted by Gasteiger charge is -2.39. The molecule has 5 heteroatoms. The highest BCUT2D eigenvalue weighted by Crippen LogP contribution is 2.21. The number of rotatable bonds is 5. The van der Waals surface area contributed by atoms with Crippen LogP contribution in [0.4, 0.5) is 0 Å². The molecule has 0 spiro atoms. The van der Waals surface area contributed by atoms with Crippen LogP contribution < -0.4 is 0 Å². The van der Waals surface area contributed by atoms with Crippen molar-refractivity contribution in [2.24, 2.45) is 0 Å². The van der Waals surface area contributed by atoms with Crippen LogP contribution >= 0.6 is 0 Å². The van der Waals surface area contributed by atoms with Crippen LogP contribution in [0, 0.1) is 0 Å². The van der Waals surface area contributed by atoms with Gasteiger partial charge in [0.2, 0.25) is 0 Å². The lowest BCUT2D eigenvalue weighted by Crippen LogP contribution is -2.49. The van der Waals surface area contributed by atoms with Crippen LogP contribution in [0.1, 0.15) is 56.5 Å². The Kier molecular flexibility index (Phi) is 6.00. The Morgan fingerprint density at radius 1 is 1.26 bits per heavy atom. The zero-order chi connectivity index (χ0) is 19.4. The molecule has 1 saturated heterocycles. The summed E-state index contributed by atoms with van der Waals surface area (Å²) in [7, 11) is 0. The Morgan fingerprint density at radius 3 is 2.63 bits per heavy atom. The molecule has 0 bridgehead atoms. The van der Waals surface area contributed by atoms with E-state index >= 15 is 0 Å². The second-order valence-corrected chi connectivity index (χ2v) is 8.44. The molecule has 1 aliphatic rings. The number of amides is 1. The largest absolute Gasteiger partial charge is 0.348 e. The number of hydrogen-bond acceptors (Lipinski definition) is 3. The van der Waals surface area contributed by atoms with Crippen LogP contribution in [0.3, 0.4) is 0 Å². The number of likely N-dealkylation sites (tertiary alicyclic amines) is 1. The molecule has 146 valence electrons. The third kappa shape index (κ3) is 4.78. The maximum Gasteiger partial charge on any atom is 0.255 e. The summed E-state index contributed by atoms with van der Waals surface area (Å²) in [4.78, 5) is 21.7. The molecule has 1 aliphatic heterocycles. The highest BCUT2D eigenvalue weighted by molar-refractivity contribution is 5.94. The zero-order valence-electron chi connectivity index (χ0n) is 17.1. The Bertz CT molecular complexity index is 747. The molecule has 1 fully saturated rings.